The summed E-state index contributed by atoms with van der Waals surface area (Å²) in [6.45, 7) is 0. The van der Waals surface area contributed by atoms with Crippen LogP contribution in [0.15, 0.2) is 27.8 Å². The van der Waals surface area contributed by atoms with Gasteiger partial charge in [0.1, 0.15) is 0 Å². The molecule has 94 valence electrons. The van der Waals surface area contributed by atoms with Crippen LogP contribution in [0.25, 0.3) is 0 Å². The van der Waals surface area contributed by atoms with Gasteiger partial charge in [-0.25, -0.2) is 0 Å². The van der Waals surface area contributed by atoms with Crippen LogP contribution in [-0.2, 0) is 14.1 Å². The van der Waals surface area contributed by atoms with Crippen molar-refractivity contribution in [3.63, 3.8) is 0 Å². The normalized spacial score (nSPS) is 18.5. The van der Waals surface area contributed by atoms with E-state index in [4.69, 9.17) is 0 Å². The fraction of sp³-hybridized carbons (Fsp3) is 0.750. The molecule has 1 fully saturated rings. The second-order valence-corrected chi connectivity index (χ2v) is 4.77. The fourth-order valence-electron chi connectivity index (χ4n) is 2.24. The molecule has 0 unspecified atom stereocenters. The molecule has 1 aliphatic carbocycles. The molecule has 0 aliphatic heterocycles. The maximum Gasteiger partial charge on any atom is 0.231 e. The summed E-state index contributed by atoms with van der Waals surface area (Å²) in [6, 6.07) is 0.381. The van der Waals surface area contributed by atoms with E-state index < -0.39 is 0 Å². The van der Waals surface area contributed by atoms with E-state index in [0.717, 1.165) is 18.5 Å². The van der Waals surface area contributed by atoms with Gasteiger partial charge in [0, 0.05) is 26.5 Å². The SMILES string of the molecule is Cn1ccn(C)c1=NN=NC1CCCCCC1. The number of aromatic nitrogens is 2. The molecule has 0 spiro atoms. The zero-order valence-electron chi connectivity index (χ0n) is 10.7. The van der Waals surface area contributed by atoms with Crippen LogP contribution in [0.4, 0.5) is 0 Å². The Hall–Kier alpha value is -1.39. The Balaban J connectivity index is 2.03. The van der Waals surface area contributed by atoms with E-state index in [1.54, 1.807) is 0 Å². The maximum absolute atomic E-state index is 4.33. The maximum atomic E-state index is 4.33. The number of hydrogen-bond donors (Lipinski definition) is 0. The van der Waals surface area contributed by atoms with E-state index in [0.29, 0.717) is 6.04 Å². The first-order chi connectivity index (χ1) is 8.27. The number of imidazole rings is 1. The van der Waals surface area contributed by atoms with Gasteiger partial charge in [-0.1, -0.05) is 30.8 Å². The molecule has 1 aliphatic rings. The Morgan fingerprint density at radius 3 is 2.18 bits per heavy atom. The van der Waals surface area contributed by atoms with Gasteiger partial charge >= 0.3 is 0 Å². The van der Waals surface area contributed by atoms with Crippen LogP contribution in [0.3, 0.4) is 0 Å². The highest BCUT2D eigenvalue weighted by atomic mass is 15.4. The topological polar surface area (TPSA) is 46.9 Å². The van der Waals surface area contributed by atoms with E-state index >= 15 is 0 Å². The van der Waals surface area contributed by atoms with E-state index in [2.05, 4.69) is 15.4 Å². The second-order valence-electron chi connectivity index (χ2n) is 4.77. The van der Waals surface area contributed by atoms with Crippen molar-refractivity contribution in [1.82, 2.24) is 9.13 Å². The monoisotopic (exact) mass is 235 g/mol. The van der Waals surface area contributed by atoms with Crippen LogP contribution in [0.1, 0.15) is 38.5 Å². The first kappa shape index (κ1) is 12.1. The average Bonchev–Trinajstić information content (AvgIpc) is 2.57. The van der Waals surface area contributed by atoms with E-state index in [-0.39, 0.29) is 0 Å². The van der Waals surface area contributed by atoms with Gasteiger partial charge in [0.05, 0.1) is 6.04 Å². The lowest BCUT2D eigenvalue weighted by molar-refractivity contribution is 0.550. The van der Waals surface area contributed by atoms with Gasteiger partial charge in [-0.2, -0.15) is 5.11 Å². The van der Waals surface area contributed by atoms with Crippen LogP contribution >= 0.6 is 0 Å². The van der Waals surface area contributed by atoms with Crippen LogP contribution in [0, 0.1) is 0 Å². The number of rotatable bonds is 2. The lowest BCUT2D eigenvalue weighted by Gasteiger charge is -2.03. The van der Waals surface area contributed by atoms with Crippen LogP contribution < -0.4 is 5.62 Å². The van der Waals surface area contributed by atoms with E-state index in [9.17, 15) is 0 Å². The third-order valence-corrected chi connectivity index (χ3v) is 3.32. The minimum Gasteiger partial charge on any atom is -0.319 e. The molecule has 1 heterocycles. The first-order valence-electron chi connectivity index (χ1n) is 6.39. The largest absolute Gasteiger partial charge is 0.319 e. The third kappa shape index (κ3) is 3.28. The summed E-state index contributed by atoms with van der Waals surface area (Å²) >= 11 is 0. The van der Waals surface area contributed by atoms with Crippen molar-refractivity contribution in [2.24, 2.45) is 29.5 Å². The van der Waals surface area contributed by atoms with E-state index in [1.807, 2.05) is 35.6 Å². The minimum atomic E-state index is 0.381. The van der Waals surface area contributed by atoms with Crippen molar-refractivity contribution in [2.75, 3.05) is 0 Å². The summed E-state index contributed by atoms with van der Waals surface area (Å²) < 4.78 is 3.87. The van der Waals surface area contributed by atoms with Crippen molar-refractivity contribution >= 4 is 0 Å². The molecule has 5 nitrogen and oxygen atoms in total. The van der Waals surface area contributed by atoms with Gasteiger partial charge in [-0.05, 0) is 18.1 Å². The Labute approximate surface area is 102 Å². The first-order valence-corrected chi connectivity index (χ1v) is 6.39. The number of aryl methyl sites for hydroxylation is 2. The lowest BCUT2D eigenvalue weighted by atomic mass is 10.1. The van der Waals surface area contributed by atoms with Gasteiger partial charge in [-0.15, -0.1) is 0 Å². The van der Waals surface area contributed by atoms with Crippen LogP contribution in [0.2, 0.25) is 0 Å². The molecule has 0 radical (unpaired) electrons. The molecular weight excluding hydrogens is 214 g/mol. The molecule has 17 heavy (non-hydrogen) atoms. The minimum absolute atomic E-state index is 0.381. The highest BCUT2D eigenvalue weighted by Gasteiger charge is 2.10. The van der Waals surface area contributed by atoms with Crippen molar-refractivity contribution < 1.29 is 0 Å². The molecule has 0 N–H and O–H groups in total. The number of nitrogens with zero attached hydrogens (tertiary/aromatic N) is 5. The smallest absolute Gasteiger partial charge is 0.231 e. The molecule has 5 heteroatoms. The summed E-state index contributed by atoms with van der Waals surface area (Å²) in [5.74, 6) is 0. The summed E-state index contributed by atoms with van der Waals surface area (Å²) in [5, 5.41) is 12.5. The molecule has 1 saturated carbocycles. The summed E-state index contributed by atoms with van der Waals surface area (Å²) in [7, 11) is 3.92. The predicted octanol–water partition coefficient (Wildman–Crippen LogP) is 2.35. The molecule has 0 saturated heterocycles. The van der Waals surface area contributed by atoms with Crippen molar-refractivity contribution in [3.8, 4) is 0 Å². The van der Waals surface area contributed by atoms with Gasteiger partial charge in [0.2, 0.25) is 5.62 Å². The Morgan fingerprint density at radius 2 is 1.59 bits per heavy atom. The van der Waals surface area contributed by atoms with Crippen molar-refractivity contribution in [3.05, 3.63) is 18.0 Å². The Kier molecular flexibility index (Phi) is 4.12. The quantitative estimate of drug-likeness (QED) is 0.429. The molecular formula is C12H21N5. The Bertz CT molecular complexity index is 409. The molecule has 0 aromatic carbocycles. The lowest BCUT2D eigenvalue weighted by Crippen LogP contribution is -2.20. The summed E-state index contributed by atoms with van der Waals surface area (Å²) in [6.07, 6.45) is 11.5. The summed E-state index contributed by atoms with van der Waals surface area (Å²) in [4.78, 5) is 0. The van der Waals surface area contributed by atoms with Gasteiger partial charge in [-0.3, -0.25) is 0 Å². The molecule has 1 aromatic rings. The molecule has 0 amide bonds. The van der Waals surface area contributed by atoms with Crippen LogP contribution in [0.5, 0.6) is 0 Å². The molecule has 0 bridgehead atoms. The van der Waals surface area contributed by atoms with Gasteiger partial charge in [0.15, 0.2) is 0 Å². The molecule has 0 atom stereocenters. The molecule has 1 aromatic heterocycles. The van der Waals surface area contributed by atoms with Gasteiger partial charge in [0.25, 0.3) is 0 Å². The standard InChI is InChI=1S/C12H21N5/c1-16-9-10-17(2)12(16)14-15-13-11-7-5-3-4-6-8-11/h9-11H,3-8H2,1-2H3. The number of hydrogen-bond acceptors (Lipinski definition) is 2. The average molecular weight is 235 g/mol. The second kappa shape index (κ2) is 5.80. The van der Waals surface area contributed by atoms with Crippen molar-refractivity contribution in [1.29, 1.82) is 0 Å². The van der Waals surface area contributed by atoms with Crippen LogP contribution in [-0.4, -0.2) is 15.2 Å². The predicted molar refractivity (Wildman–Crippen MR) is 66.3 cm³/mol. The van der Waals surface area contributed by atoms with Crippen molar-refractivity contribution in [2.45, 2.75) is 44.6 Å². The summed E-state index contributed by atoms with van der Waals surface area (Å²) in [5.41, 5.74) is 0.822. The van der Waals surface area contributed by atoms with Gasteiger partial charge < -0.3 is 9.13 Å². The highest BCUT2D eigenvalue weighted by molar-refractivity contribution is 4.76. The Morgan fingerprint density at radius 1 is 1.00 bits per heavy atom. The molecule has 2 rings (SSSR count). The fourth-order valence-corrected chi connectivity index (χ4v) is 2.24. The zero-order chi connectivity index (χ0) is 12.1. The third-order valence-electron chi connectivity index (χ3n) is 3.32. The highest BCUT2D eigenvalue weighted by Crippen LogP contribution is 2.19. The van der Waals surface area contributed by atoms with E-state index in [1.165, 1.54) is 25.7 Å². The zero-order valence-corrected chi connectivity index (χ0v) is 10.7.